The molecule has 0 aliphatic carbocycles. The van der Waals surface area contributed by atoms with Gasteiger partial charge in [0.1, 0.15) is 0 Å². The molecule has 1 saturated heterocycles. The predicted octanol–water partition coefficient (Wildman–Crippen LogP) is 2.77. The van der Waals surface area contributed by atoms with Gasteiger partial charge in [0.15, 0.2) is 5.17 Å². The van der Waals surface area contributed by atoms with Crippen molar-refractivity contribution in [3.63, 3.8) is 0 Å². The first kappa shape index (κ1) is 14.4. The van der Waals surface area contributed by atoms with Crippen LogP contribution in [0.1, 0.15) is 19.4 Å². The molecule has 1 amide bonds. The Morgan fingerprint density at radius 3 is 2.57 bits per heavy atom. The molecule has 2 heterocycles. The summed E-state index contributed by atoms with van der Waals surface area (Å²) in [7, 11) is 0. The Kier molecular flexibility index (Phi) is 4.12. The molecule has 2 aliphatic heterocycles. The Bertz CT molecular complexity index is 588. The van der Waals surface area contributed by atoms with E-state index in [1.807, 2.05) is 50.3 Å². The van der Waals surface area contributed by atoms with Crippen molar-refractivity contribution in [2.24, 2.45) is 4.99 Å². The SMILES string of the molecule is C[C@H]1CN(C2=NC(=O)C(=Cc3ccccc3)S2)C[C@H](C)O1. The standard InChI is InChI=1S/C16H18N2O2S/c1-11-9-18(10-12(2)20-11)16-17-15(19)14(21-16)8-13-6-4-3-5-7-13/h3-8,11-12H,9-10H2,1-2H3/t11-,12-/m0/s1. The van der Waals surface area contributed by atoms with E-state index in [1.54, 1.807) is 0 Å². The average Bonchev–Trinajstić information content (AvgIpc) is 2.80. The van der Waals surface area contributed by atoms with Gasteiger partial charge in [0.2, 0.25) is 0 Å². The van der Waals surface area contributed by atoms with Gasteiger partial charge in [0, 0.05) is 13.1 Å². The van der Waals surface area contributed by atoms with Gasteiger partial charge in [-0.25, -0.2) is 0 Å². The van der Waals surface area contributed by atoms with Gasteiger partial charge in [-0.1, -0.05) is 30.3 Å². The number of morpholine rings is 1. The van der Waals surface area contributed by atoms with Crippen molar-refractivity contribution in [3.8, 4) is 0 Å². The van der Waals surface area contributed by atoms with Crippen molar-refractivity contribution in [2.75, 3.05) is 13.1 Å². The topological polar surface area (TPSA) is 41.9 Å². The van der Waals surface area contributed by atoms with Gasteiger partial charge >= 0.3 is 0 Å². The molecule has 0 unspecified atom stereocenters. The number of carbonyl (C=O) groups is 1. The Morgan fingerprint density at radius 2 is 1.90 bits per heavy atom. The number of aliphatic imine (C=N–C) groups is 1. The number of hydrogen-bond acceptors (Lipinski definition) is 4. The van der Waals surface area contributed by atoms with Crippen molar-refractivity contribution in [2.45, 2.75) is 26.1 Å². The first-order valence-electron chi connectivity index (χ1n) is 7.10. The number of nitrogens with zero attached hydrogens (tertiary/aromatic N) is 2. The van der Waals surface area contributed by atoms with Crippen molar-refractivity contribution in [3.05, 3.63) is 40.8 Å². The lowest BCUT2D eigenvalue weighted by Gasteiger charge is -2.35. The monoisotopic (exact) mass is 302 g/mol. The molecule has 2 atom stereocenters. The second-order valence-electron chi connectivity index (χ2n) is 5.38. The third-order valence-electron chi connectivity index (χ3n) is 3.40. The Morgan fingerprint density at radius 1 is 1.24 bits per heavy atom. The minimum Gasteiger partial charge on any atom is -0.372 e. The second kappa shape index (κ2) is 6.03. The molecule has 2 aliphatic rings. The fourth-order valence-electron chi connectivity index (χ4n) is 2.57. The lowest BCUT2D eigenvalue weighted by Crippen LogP contribution is -2.47. The van der Waals surface area contributed by atoms with Gasteiger partial charge in [-0.05, 0) is 37.2 Å². The highest BCUT2D eigenvalue weighted by atomic mass is 32.2. The summed E-state index contributed by atoms with van der Waals surface area (Å²) in [6.45, 7) is 5.65. The molecule has 4 nitrogen and oxygen atoms in total. The number of ether oxygens (including phenoxy) is 1. The maximum Gasteiger partial charge on any atom is 0.286 e. The van der Waals surface area contributed by atoms with Gasteiger partial charge in [0.25, 0.3) is 5.91 Å². The summed E-state index contributed by atoms with van der Waals surface area (Å²) in [4.78, 5) is 19.1. The molecular formula is C16H18N2O2S. The van der Waals surface area contributed by atoms with E-state index in [-0.39, 0.29) is 18.1 Å². The van der Waals surface area contributed by atoms with Crippen LogP contribution in [0.25, 0.3) is 6.08 Å². The number of benzene rings is 1. The van der Waals surface area contributed by atoms with Crippen molar-refractivity contribution >= 4 is 28.9 Å². The average molecular weight is 302 g/mol. The molecule has 0 N–H and O–H groups in total. The fraction of sp³-hybridized carbons (Fsp3) is 0.375. The van der Waals surface area contributed by atoms with Gasteiger partial charge in [-0.2, -0.15) is 4.99 Å². The van der Waals surface area contributed by atoms with E-state index < -0.39 is 0 Å². The molecular weight excluding hydrogens is 284 g/mol. The fourth-order valence-corrected chi connectivity index (χ4v) is 3.50. The van der Waals surface area contributed by atoms with Crippen LogP contribution in [0.4, 0.5) is 0 Å². The zero-order valence-electron chi connectivity index (χ0n) is 12.2. The Labute approximate surface area is 128 Å². The molecule has 5 heteroatoms. The number of amidine groups is 1. The van der Waals surface area contributed by atoms with E-state index in [2.05, 4.69) is 9.89 Å². The highest BCUT2D eigenvalue weighted by Gasteiger charge is 2.30. The largest absolute Gasteiger partial charge is 0.372 e. The summed E-state index contributed by atoms with van der Waals surface area (Å²) in [5.74, 6) is -0.148. The molecule has 0 radical (unpaired) electrons. The maximum absolute atomic E-state index is 12.1. The number of carbonyl (C=O) groups excluding carboxylic acids is 1. The Hall–Kier alpha value is -1.59. The van der Waals surface area contributed by atoms with Crippen LogP contribution < -0.4 is 0 Å². The molecule has 1 aromatic carbocycles. The molecule has 110 valence electrons. The summed E-state index contributed by atoms with van der Waals surface area (Å²) in [5.41, 5.74) is 1.02. The molecule has 0 aromatic heterocycles. The van der Waals surface area contributed by atoms with Gasteiger partial charge in [0.05, 0.1) is 17.1 Å². The zero-order valence-corrected chi connectivity index (χ0v) is 13.0. The summed E-state index contributed by atoms with van der Waals surface area (Å²) in [5, 5.41) is 0.796. The van der Waals surface area contributed by atoms with Crippen LogP contribution in [-0.2, 0) is 9.53 Å². The minimum atomic E-state index is -0.148. The van der Waals surface area contributed by atoms with Crippen LogP contribution in [-0.4, -0.2) is 41.3 Å². The van der Waals surface area contributed by atoms with Crippen LogP contribution >= 0.6 is 11.8 Å². The molecule has 0 bridgehead atoms. The molecule has 1 aromatic rings. The van der Waals surface area contributed by atoms with Crippen LogP contribution in [0.15, 0.2) is 40.2 Å². The third-order valence-corrected chi connectivity index (χ3v) is 4.44. The summed E-state index contributed by atoms with van der Waals surface area (Å²) in [6, 6.07) is 9.85. The Balaban J connectivity index is 1.74. The van der Waals surface area contributed by atoms with E-state index in [1.165, 1.54) is 11.8 Å². The van der Waals surface area contributed by atoms with Crippen molar-refractivity contribution in [1.82, 2.24) is 4.90 Å². The van der Waals surface area contributed by atoms with Crippen LogP contribution in [0.2, 0.25) is 0 Å². The molecule has 0 saturated carbocycles. The lowest BCUT2D eigenvalue weighted by molar-refractivity contribution is -0.113. The normalized spacial score (nSPS) is 28.1. The van der Waals surface area contributed by atoms with Crippen molar-refractivity contribution < 1.29 is 9.53 Å². The van der Waals surface area contributed by atoms with E-state index in [0.717, 1.165) is 23.8 Å². The molecule has 3 rings (SSSR count). The van der Waals surface area contributed by atoms with Crippen LogP contribution in [0.3, 0.4) is 0 Å². The lowest BCUT2D eigenvalue weighted by atomic mass is 10.2. The minimum absolute atomic E-state index is 0.148. The van der Waals surface area contributed by atoms with Crippen molar-refractivity contribution in [1.29, 1.82) is 0 Å². The van der Waals surface area contributed by atoms with E-state index in [0.29, 0.717) is 4.91 Å². The van der Waals surface area contributed by atoms with E-state index in [9.17, 15) is 4.79 Å². The van der Waals surface area contributed by atoms with E-state index in [4.69, 9.17) is 4.74 Å². The zero-order chi connectivity index (χ0) is 14.8. The molecule has 1 fully saturated rings. The number of thioether (sulfide) groups is 1. The summed E-state index contributed by atoms with van der Waals surface area (Å²) < 4.78 is 5.72. The second-order valence-corrected chi connectivity index (χ2v) is 6.39. The maximum atomic E-state index is 12.1. The summed E-state index contributed by atoms with van der Waals surface area (Å²) in [6.07, 6.45) is 2.22. The number of rotatable bonds is 1. The van der Waals surface area contributed by atoms with Gasteiger partial charge < -0.3 is 9.64 Å². The number of amides is 1. The quantitative estimate of drug-likeness (QED) is 0.748. The molecule has 21 heavy (non-hydrogen) atoms. The first-order valence-corrected chi connectivity index (χ1v) is 7.91. The van der Waals surface area contributed by atoms with Gasteiger partial charge in [-0.15, -0.1) is 0 Å². The summed E-state index contributed by atoms with van der Waals surface area (Å²) >= 11 is 1.46. The highest BCUT2D eigenvalue weighted by molar-refractivity contribution is 8.18. The third kappa shape index (κ3) is 3.36. The predicted molar refractivity (Wildman–Crippen MR) is 86.0 cm³/mol. The van der Waals surface area contributed by atoms with Gasteiger partial charge in [-0.3, -0.25) is 4.79 Å². The highest BCUT2D eigenvalue weighted by Crippen LogP contribution is 2.31. The van der Waals surface area contributed by atoms with E-state index >= 15 is 0 Å². The van der Waals surface area contributed by atoms with Crippen LogP contribution in [0, 0.1) is 0 Å². The molecule has 0 spiro atoms. The first-order chi connectivity index (χ1) is 10.1. The van der Waals surface area contributed by atoms with Crippen LogP contribution in [0.5, 0.6) is 0 Å². The number of hydrogen-bond donors (Lipinski definition) is 0. The smallest absolute Gasteiger partial charge is 0.286 e.